The zero-order valence-corrected chi connectivity index (χ0v) is 24.1. The lowest BCUT2D eigenvalue weighted by atomic mass is 10.2. The van der Waals surface area contributed by atoms with E-state index in [4.69, 9.17) is 16.3 Å². The van der Waals surface area contributed by atoms with Gasteiger partial charge in [-0.05, 0) is 60.7 Å². The zero-order chi connectivity index (χ0) is 32.6. The van der Waals surface area contributed by atoms with Gasteiger partial charge in [-0.3, -0.25) is 30.2 Å². The summed E-state index contributed by atoms with van der Waals surface area (Å²) in [6, 6.07) is 19.6. The number of hydrogen-bond acceptors (Lipinski definition) is 6. The van der Waals surface area contributed by atoms with E-state index in [1.807, 2.05) is 0 Å². The second kappa shape index (κ2) is 14.2. The fourth-order valence-electron chi connectivity index (χ4n) is 3.82. The molecule has 15 heteroatoms. The Labute approximate surface area is 259 Å². The summed E-state index contributed by atoms with van der Waals surface area (Å²) < 4.78 is 44.9. The van der Waals surface area contributed by atoms with Crippen LogP contribution in [-0.2, 0) is 15.8 Å². The third-order valence-electron chi connectivity index (χ3n) is 5.91. The van der Waals surface area contributed by atoms with Crippen LogP contribution in [0.15, 0.2) is 91.1 Å². The van der Waals surface area contributed by atoms with E-state index >= 15 is 0 Å². The Balaban J connectivity index is 1.29. The molecule has 0 unspecified atom stereocenters. The summed E-state index contributed by atoms with van der Waals surface area (Å²) in [6.07, 6.45) is -3.36. The number of anilines is 3. The van der Waals surface area contributed by atoms with Gasteiger partial charge < -0.3 is 20.3 Å². The number of amides is 5. The molecule has 0 aliphatic carbocycles. The van der Waals surface area contributed by atoms with Crippen LogP contribution in [0.25, 0.3) is 0 Å². The minimum absolute atomic E-state index is 0.0786. The summed E-state index contributed by atoms with van der Waals surface area (Å²) in [7, 11) is 0. The molecular formula is C30H24ClF3N6O5. The van der Waals surface area contributed by atoms with Crippen molar-refractivity contribution >= 4 is 52.4 Å². The highest BCUT2D eigenvalue weighted by Crippen LogP contribution is 2.36. The lowest BCUT2D eigenvalue weighted by Gasteiger charge is -2.20. The van der Waals surface area contributed by atoms with E-state index in [1.54, 1.807) is 30.3 Å². The number of alkyl halides is 3. The van der Waals surface area contributed by atoms with Crippen LogP contribution >= 0.6 is 11.6 Å². The molecule has 3 aromatic carbocycles. The number of para-hydroxylation sites is 1. The smallest absolute Gasteiger partial charge is 0.417 e. The van der Waals surface area contributed by atoms with Crippen LogP contribution in [0.4, 0.5) is 35.0 Å². The normalized spacial score (nSPS) is 10.8. The number of benzene rings is 3. The fourth-order valence-corrected chi connectivity index (χ4v) is 4.05. The third kappa shape index (κ3) is 9.18. The highest BCUT2D eigenvalue weighted by Gasteiger charge is 2.33. The average molecular weight is 641 g/mol. The molecule has 1 heterocycles. The first-order valence-electron chi connectivity index (χ1n) is 13.0. The molecule has 0 aliphatic rings. The summed E-state index contributed by atoms with van der Waals surface area (Å²) in [4.78, 5) is 54.4. The zero-order valence-electron chi connectivity index (χ0n) is 23.3. The number of nitrogens with zero attached hydrogens (tertiary/aromatic N) is 2. The van der Waals surface area contributed by atoms with Gasteiger partial charge in [0.05, 0.1) is 10.6 Å². The number of carbonyl (C=O) groups is 4. The van der Waals surface area contributed by atoms with E-state index in [1.165, 1.54) is 60.5 Å². The predicted molar refractivity (Wildman–Crippen MR) is 160 cm³/mol. The van der Waals surface area contributed by atoms with Gasteiger partial charge in [-0.2, -0.15) is 13.2 Å². The Morgan fingerprint density at radius 1 is 0.844 bits per heavy atom. The van der Waals surface area contributed by atoms with Crippen LogP contribution in [-0.4, -0.2) is 35.3 Å². The molecule has 0 spiro atoms. The van der Waals surface area contributed by atoms with Crippen molar-refractivity contribution in [2.45, 2.75) is 13.1 Å². The quantitative estimate of drug-likeness (QED) is 0.174. The van der Waals surface area contributed by atoms with Crippen LogP contribution in [0.1, 0.15) is 23.0 Å². The minimum Gasteiger partial charge on any atom is -0.457 e. The van der Waals surface area contributed by atoms with E-state index in [-0.39, 0.29) is 29.6 Å². The number of rotatable bonds is 8. The molecule has 11 nitrogen and oxygen atoms in total. The van der Waals surface area contributed by atoms with Gasteiger partial charge in [-0.1, -0.05) is 29.8 Å². The summed E-state index contributed by atoms with van der Waals surface area (Å²) in [6.45, 7) is 0.986. The fraction of sp³-hybridized carbons (Fsp3) is 0.100. The van der Waals surface area contributed by atoms with Crippen LogP contribution in [0.2, 0.25) is 5.02 Å². The molecule has 0 bridgehead atoms. The Morgan fingerprint density at radius 2 is 1.51 bits per heavy atom. The van der Waals surface area contributed by atoms with Gasteiger partial charge in [0.1, 0.15) is 23.7 Å². The first-order chi connectivity index (χ1) is 21.4. The molecule has 0 fully saturated rings. The SMILES string of the molecule is CC(=O)N(CC(=O)NNC(=O)c1cc(Oc2ccc(NC(=O)Nc3ccc(Cl)c(C(F)(F)F)c3)cc2)ccn1)c1ccccc1. The Morgan fingerprint density at radius 3 is 2.18 bits per heavy atom. The van der Waals surface area contributed by atoms with Gasteiger partial charge in [0.2, 0.25) is 5.91 Å². The predicted octanol–water partition coefficient (Wildman–Crippen LogP) is 6.00. The van der Waals surface area contributed by atoms with Crippen molar-refractivity contribution in [2.75, 3.05) is 22.1 Å². The molecule has 0 aliphatic heterocycles. The molecule has 4 rings (SSSR count). The second-order valence-electron chi connectivity index (χ2n) is 9.22. The number of nitrogens with one attached hydrogen (secondary N) is 4. The Bertz CT molecular complexity index is 1700. The minimum atomic E-state index is -4.68. The van der Waals surface area contributed by atoms with Gasteiger partial charge in [-0.25, -0.2) is 4.79 Å². The van der Waals surface area contributed by atoms with Crippen LogP contribution < -0.4 is 31.1 Å². The topological polar surface area (TPSA) is 142 Å². The molecule has 1 aromatic heterocycles. The maximum absolute atomic E-state index is 13.1. The van der Waals surface area contributed by atoms with Crippen LogP contribution in [0, 0.1) is 0 Å². The van der Waals surface area contributed by atoms with Crippen molar-refractivity contribution in [1.82, 2.24) is 15.8 Å². The third-order valence-corrected chi connectivity index (χ3v) is 6.24. The monoisotopic (exact) mass is 640 g/mol. The first kappa shape index (κ1) is 32.3. The van der Waals surface area contributed by atoms with Gasteiger partial charge in [0, 0.05) is 36.2 Å². The molecule has 0 saturated heterocycles. The lowest BCUT2D eigenvalue weighted by molar-refractivity contribution is -0.137. The number of urea groups is 1. The van der Waals surface area contributed by atoms with Gasteiger partial charge >= 0.3 is 12.2 Å². The van der Waals surface area contributed by atoms with E-state index in [0.717, 1.165) is 12.1 Å². The molecule has 5 amide bonds. The van der Waals surface area contributed by atoms with E-state index in [9.17, 15) is 32.3 Å². The standard InChI is InChI=1S/C30H24ClF3N6O5/c1-18(41)40(21-5-3-2-4-6-21)17-27(42)38-39-28(43)26-16-23(13-14-35-26)45-22-10-7-19(8-11-22)36-29(44)37-20-9-12-25(31)24(15-20)30(32,33)34/h2-16H,17H2,1H3,(H,38,42)(H,39,43)(H2,36,37,44). The number of carbonyl (C=O) groups excluding carboxylic acids is 4. The largest absolute Gasteiger partial charge is 0.457 e. The van der Waals surface area contributed by atoms with Crippen molar-refractivity contribution in [3.8, 4) is 11.5 Å². The molecule has 4 aromatic rings. The number of hydrazine groups is 1. The summed E-state index contributed by atoms with van der Waals surface area (Å²) in [5.41, 5.74) is 4.05. The average Bonchev–Trinajstić information content (AvgIpc) is 3.00. The highest BCUT2D eigenvalue weighted by molar-refractivity contribution is 6.31. The lowest BCUT2D eigenvalue weighted by Crippen LogP contribution is -2.47. The second-order valence-corrected chi connectivity index (χ2v) is 9.62. The summed E-state index contributed by atoms with van der Waals surface area (Å²) in [5.74, 6) is -1.19. The molecule has 0 saturated carbocycles. The van der Waals surface area contributed by atoms with Gasteiger partial charge in [0.15, 0.2) is 0 Å². The maximum atomic E-state index is 13.1. The Hall–Kier alpha value is -5.63. The molecule has 0 radical (unpaired) electrons. The van der Waals surface area contributed by atoms with Crippen LogP contribution in [0.3, 0.4) is 0 Å². The van der Waals surface area contributed by atoms with Gasteiger partial charge in [0.25, 0.3) is 11.8 Å². The molecule has 4 N–H and O–H groups in total. The van der Waals surface area contributed by atoms with Crippen molar-refractivity contribution in [2.24, 2.45) is 0 Å². The number of hydrogen-bond donors (Lipinski definition) is 4. The molecule has 232 valence electrons. The van der Waals surface area contributed by atoms with Crippen molar-refractivity contribution < 1.29 is 37.1 Å². The van der Waals surface area contributed by atoms with E-state index < -0.39 is 34.6 Å². The number of ether oxygens (including phenoxy) is 1. The van der Waals surface area contributed by atoms with Crippen molar-refractivity contribution in [3.05, 3.63) is 107 Å². The molecular weight excluding hydrogens is 617 g/mol. The van der Waals surface area contributed by atoms with Gasteiger partial charge in [-0.15, -0.1) is 0 Å². The van der Waals surface area contributed by atoms with Crippen molar-refractivity contribution in [3.63, 3.8) is 0 Å². The van der Waals surface area contributed by atoms with E-state index in [2.05, 4.69) is 26.5 Å². The van der Waals surface area contributed by atoms with Crippen LogP contribution in [0.5, 0.6) is 11.5 Å². The maximum Gasteiger partial charge on any atom is 0.417 e. The van der Waals surface area contributed by atoms with Crippen molar-refractivity contribution in [1.29, 1.82) is 0 Å². The number of pyridine rings is 1. The molecule has 45 heavy (non-hydrogen) atoms. The highest BCUT2D eigenvalue weighted by atomic mass is 35.5. The Kier molecular flexibility index (Phi) is 10.2. The number of aromatic nitrogens is 1. The summed E-state index contributed by atoms with van der Waals surface area (Å²) >= 11 is 5.60. The summed E-state index contributed by atoms with van der Waals surface area (Å²) in [5, 5.41) is 4.31. The number of halogens is 4. The molecule has 0 atom stereocenters. The van der Waals surface area contributed by atoms with E-state index in [0.29, 0.717) is 17.1 Å². The first-order valence-corrected chi connectivity index (χ1v) is 13.4.